The molecule has 0 amide bonds. The standard InChI is InChI=1S/C11H16BrN3/c1-14-4-6-15(7-5-14)9-2-3-11(13)10(12)8-9/h2-3,8H,4-7,13H2,1H3. The maximum absolute atomic E-state index is 5.77. The zero-order valence-corrected chi connectivity index (χ0v) is 10.5. The molecular weight excluding hydrogens is 254 g/mol. The Hall–Kier alpha value is -0.740. The minimum absolute atomic E-state index is 0.799. The van der Waals surface area contributed by atoms with Crippen LogP contribution >= 0.6 is 15.9 Å². The fraction of sp³-hybridized carbons (Fsp3) is 0.455. The maximum atomic E-state index is 5.77. The highest BCUT2D eigenvalue weighted by Crippen LogP contribution is 2.26. The van der Waals surface area contributed by atoms with Crippen LogP contribution in [0.4, 0.5) is 11.4 Å². The Balaban J connectivity index is 2.12. The Kier molecular flexibility index (Phi) is 3.17. The summed E-state index contributed by atoms with van der Waals surface area (Å²) in [5.41, 5.74) is 7.82. The first-order valence-corrected chi connectivity index (χ1v) is 5.94. The summed E-state index contributed by atoms with van der Waals surface area (Å²) in [7, 11) is 2.16. The van der Waals surface area contributed by atoms with Crippen LogP contribution in [0.1, 0.15) is 0 Å². The quantitative estimate of drug-likeness (QED) is 0.790. The van der Waals surface area contributed by atoms with Gasteiger partial charge in [-0.3, -0.25) is 0 Å². The SMILES string of the molecule is CN1CCN(c2ccc(N)c(Br)c2)CC1. The number of nitrogens with zero attached hydrogens (tertiary/aromatic N) is 2. The molecule has 1 aliphatic heterocycles. The third-order valence-corrected chi connectivity index (χ3v) is 3.54. The number of benzene rings is 1. The number of likely N-dealkylation sites (N-methyl/N-ethyl adjacent to an activating group) is 1. The lowest BCUT2D eigenvalue weighted by Gasteiger charge is -2.34. The minimum Gasteiger partial charge on any atom is -0.398 e. The summed E-state index contributed by atoms with van der Waals surface area (Å²) in [6, 6.07) is 6.14. The second-order valence-electron chi connectivity index (χ2n) is 4.00. The fourth-order valence-electron chi connectivity index (χ4n) is 1.78. The Morgan fingerprint density at radius 1 is 1.20 bits per heavy atom. The highest BCUT2D eigenvalue weighted by atomic mass is 79.9. The topological polar surface area (TPSA) is 32.5 Å². The zero-order valence-electron chi connectivity index (χ0n) is 8.91. The van der Waals surface area contributed by atoms with Crippen molar-refractivity contribution in [2.75, 3.05) is 43.9 Å². The van der Waals surface area contributed by atoms with E-state index in [1.54, 1.807) is 0 Å². The molecule has 82 valence electrons. The smallest absolute Gasteiger partial charge is 0.0460 e. The predicted octanol–water partition coefficient (Wildman–Crippen LogP) is 1.78. The van der Waals surface area contributed by atoms with Crippen LogP contribution in [0.5, 0.6) is 0 Å². The van der Waals surface area contributed by atoms with Crippen molar-refractivity contribution in [2.24, 2.45) is 0 Å². The van der Waals surface area contributed by atoms with Gasteiger partial charge in [-0.2, -0.15) is 0 Å². The van der Waals surface area contributed by atoms with Gasteiger partial charge in [-0.15, -0.1) is 0 Å². The monoisotopic (exact) mass is 269 g/mol. The van der Waals surface area contributed by atoms with E-state index in [0.29, 0.717) is 0 Å². The number of rotatable bonds is 1. The van der Waals surface area contributed by atoms with Gasteiger partial charge in [0.25, 0.3) is 0 Å². The highest BCUT2D eigenvalue weighted by molar-refractivity contribution is 9.10. The number of piperazine rings is 1. The molecule has 0 bridgehead atoms. The van der Waals surface area contributed by atoms with Crippen molar-refractivity contribution in [1.29, 1.82) is 0 Å². The summed E-state index contributed by atoms with van der Waals surface area (Å²) >= 11 is 3.46. The number of nitrogen functional groups attached to an aromatic ring is 1. The van der Waals surface area contributed by atoms with Gasteiger partial charge >= 0.3 is 0 Å². The van der Waals surface area contributed by atoms with Crippen LogP contribution in [0.3, 0.4) is 0 Å². The van der Waals surface area contributed by atoms with Crippen molar-refractivity contribution in [2.45, 2.75) is 0 Å². The Labute approximate surface area is 99.0 Å². The summed E-state index contributed by atoms with van der Waals surface area (Å²) in [6.07, 6.45) is 0. The number of hydrogen-bond donors (Lipinski definition) is 1. The van der Waals surface area contributed by atoms with E-state index in [-0.39, 0.29) is 0 Å². The lowest BCUT2D eigenvalue weighted by atomic mass is 10.2. The summed E-state index contributed by atoms with van der Waals surface area (Å²) in [4.78, 5) is 4.74. The fourth-order valence-corrected chi connectivity index (χ4v) is 2.14. The van der Waals surface area contributed by atoms with Gasteiger partial charge in [0.05, 0.1) is 0 Å². The second kappa shape index (κ2) is 4.41. The summed E-state index contributed by atoms with van der Waals surface area (Å²) in [6.45, 7) is 4.43. The van der Waals surface area contributed by atoms with E-state index in [2.05, 4.69) is 44.9 Å². The van der Waals surface area contributed by atoms with E-state index in [4.69, 9.17) is 5.73 Å². The molecule has 2 N–H and O–H groups in total. The van der Waals surface area contributed by atoms with Crippen molar-refractivity contribution in [3.8, 4) is 0 Å². The molecule has 1 aromatic carbocycles. The van der Waals surface area contributed by atoms with Crippen LogP contribution < -0.4 is 10.6 Å². The molecule has 0 radical (unpaired) electrons. The molecule has 1 fully saturated rings. The van der Waals surface area contributed by atoms with Crippen LogP contribution in [0.2, 0.25) is 0 Å². The Morgan fingerprint density at radius 3 is 2.47 bits per heavy atom. The highest BCUT2D eigenvalue weighted by Gasteiger charge is 2.14. The van der Waals surface area contributed by atoms with E-state index < -0.39 is 0 Å². The Bertz CT molecular complexity index is 346. The molecule has 3 nitrogen and oxygen atoms in total. The van der Waals surface area contributed by atoms with Crippen molar-refractivity contribution < 1.29 is 0 Å². The van der Waals surface area contributed by atoms with Gasteiger partial charge in [0, 0.05) is 42.0 Å². The largest absolute Gasteiger partial charge is 0.398 e. The van der Waals surface area contributed by atoms with E-state index in [1.807, 2.05) is 6.07 Å². The first kappa shape index (κ1) is 10.8. The van der Waals surface area contributed by atoms with Gasteiger partial charge in [0.2, 0.25) is 0 Å². The summed E-state index contributed by atoms with van der Waals surface area (Å²) in [5.74, 6) is 0. The molecule has 2 rings (SSSR count). The van der Waals surface area contributed by atoms with E-state index in [9.17, 15) is 0 Å². The maximum Gasteiger partial charge on any atom is 0.0460 e. The van der Waals surface area contributed by atoms with Gasteiger partial charge in [-0.1, -0.05) is 0 Å². The van der Waals surface area contributed by atoms with Crippen molar-refractivity contribution >= 4 is 27.3 Å². The summed E-state index contributed by atoms with van der Waals surface area (Å²) in [5, 5.41) is 0. The molecule has 1 aliphatic rings. The van der Waals surface area contributed by atoms with Crippen LogP contribution in [0, 0.1) is 0 Å². The lowest BCUT2D eigenvalue weighted by molar-refractivity contribution is 0.313. The van der Waals surface area contributed by atoms with Crippen LogP contribution in [0.25, 0.3) is 0 Å². The predicted molar refractivity (Wildman–Crippen MR) is 68.3 cm³/mol. The van der Waals surface area contributed by atoms with Gasteiger partial charge < -0.3 is 15.5 Å². The van der Waals surface area contributed by atoms with Gasteiger partial charge in [0.1, 0.15) is 0 Å². The van der Waals surface area contributed by atoms with E-state index in [1.165, 1.54) is 5.69 Å². The molecule has 0 aliphatic carbocycles. The molecule has 4 heteroatoms. The number of halogens is 1. The molecule has 1 heterocycles. The van der Waals surface area contributed by atoms with Crippen molar-refractivity contribution in [1.82, 2.24) is 4.90 Å². The van der Waals surface area contributed by atoms with Crippen LogP contribution in [0.15, 0.2) is 22.7 Å². The third-order valence-electron chi connectivity index (χ3n) is 2.85. The van der Waals surface area contributed by atoms with Gasteiger partial charge in [-0.25, -0.2) is 0 Å². The minimum atomic E-state index is 0.799. The van der Waals surface area contributed by atoms with E-state index in [0.717, 1.165) is 36.3 Å². The van der Waals surface area contributed by atoms with Crippen molar-refractivity contribution in [3.63, 3.8) is 0 Å². The average molecular weight is 270 g/mol. The van der Waals surface area contributed by atoms with Crippen molar-refractivity contribution in [3.05, 3.63) is 22.7 Å². The molecular formula is C11H16BrN3. The summed E-state index contributed by atoms with van der Waals surface area (Å²) < 4.78 is 0.985. The van der Waals surface area contributed by atoms with Crippen LogP contribution in [-0.4, -0.2) is 38.1 Å². The first-order chi connectivity index (χ1) is 7.16. The molecule has 15 heavy (non-hydrogen) atoms. The molecule has 0 atom stereocenters. The third kappa shape index (κ3) is 2.44. The molecule has 0 aromatic heterocycles. The molecule has 0 spiro atoms. The second-order valence-corrected chi connectivity index (χ2v) is 4.85. The Morgan fingerprint density at radius 2 is 1.87 bits per heavy atom. The van der Waals surface area contributed by atoms with E-state index >= 15 is 0 Å². The number of anilines is 2. The number of nitrogens with two attached hydrogens (primary N) is 1. The average Bonchev–Trinajstić information content (AvgIpc) is 2.23. The van der Waals surface area contributed by atoms with Crippen LogP contribution in [-0.2, 0) is 0 Å². The lowest BCUT2D eigenvalue weighted by Crippen LogP contribution is -2.44. The number of hydrogen-bond acceptors (Lipinski definition) is 3. The molecule has 0 saturated carbocycles. The molecule has 1 saturated heterocycles. The normalized spacial score (nSPS) is 18.1. The van der Waals surface area contributed by atoms with Gasteiger partial charge in [-0.05, 0) is 41.2 Å². The van der Waals surface area contributed by atoms with Gasteiger partial charge in [0.15, 0.2) is 0 Å². The zero-order chi connectivity index (χ0) is 10.8. The molecule has 1 aromatic rings. The molecule has 0 unspecified atom stereocenters. The first-order valence-electron chi connectivity index (χ1n) is 5.15.